The molecule has 3 aromatic rings. The third kappa shape index (κ3) is 3.42. The number of hydrogen-bond acceptors (Lipinski definition) is 2. The van der Waals surface area contributed by atoms with Crippen molar-refractivity contribution in [3.05, 3.63) is 70.1 Å². The standard InChI is InChI=1S/C19H15ClFNO3/c1-10-2-4-13(16(21)6-10)18(23)8-14(19(24)25)15-9-22-17-7-11(20)3-5-12(15)17/h2-7,9,14,22H,8H2,1H3,(H,24,25). The second-order valence-corrected chi connectivity index (χ2v) is 6.37. The Kier molecular flexibility index (Phi) is 4.59. The van der Waals surface area contributed by atoms with E-state index in [9.17, 15) is 19.1 Å². The number of aromatic amines is 1. The molecule has 1 aromatic heterocycles. The van der Waals surface area contributed by atoms with E-state index in [0.717, 1.165) is 0 Å². The topological polar surface area (TPSA) is 70.2 Å². The lowest BCUT2D eigenvalue weighted by molar-refractivity contribution is -0.138. The Morgan fingerprint density at radius 3 is 2.68 bits per heavy atom. The van der Waals surface area contributed by atoms with Crippen LogP contribution in [0, 0.1) is 12.7 Å². The van der Waals surface area contributed by atoms with E-state index >= 15 is 0 Å². The van der Waals surface area contributed by atoms with Gasteiger partial charge in [0.2, 0.25) is 0 Å². The number of Topliss-reactive ketones (excluding diaryl/α,β-unsaturated/α-hetero) is 1. The van der Waals surface area contributed by atoms with Gasteiger partial charge in [-0.1, -0.05) is 23.7 Å². The van der Waals surface area contributed by atoms with Gasteiger partial charge in [0.25, 0.3) is 0 Å². The van der Waals surface area contributed by atoms with Gasteiger partial charge in [-0.05, 0) is 42.3 Å². The molecular weight excluding hydrogens is 345 g/mol. The molecule has 3 rings (SSSR count). The summed E-state index contributed by atoms with van der Waals surface area (Å²) >= 11 is 5.93. The van der Waals surface area contributed by atoms with Gasteiger partial charge in [-0.25, -0.2) is 4.39 Å². The van der Waals surface area contributed by atoms with E-state index in [4.69, 9.17) is 11.6 Å². The number of H-pyrrole nitrogens is 1. The summed E-state index contributed by atoms with van der Waals surface area (Å²) in [4.78, 5) is 27.1. The first kappa shape index (κ1) is 17.2. The fourth-order valence-corrected chi connectivity index (χ4v) is 3.05. The number of nitrogens with one attached hydrogen (secondary N) is 1. The second-order valence-electron chi connectivity index (χ2n) is 5.94. The predicted octanol–water partition coefficient (Wildman–Crippen LogP) is 4.71. The molecule has 6 heteroatoms. The number of benzene rings is 2. The summed E-state index contributed by atoms with van der Waals surface area (Å²) in [5, 5.41) is 10.8. The summed E-state index contributed by atoms with van der Waals surface area (Å²) in [6, 6.07) is 9.32. The number of carbonyl (C=O) groups excluding carboxylic acids is 1. The maximum Gasteiger partial charge on any atom is 0.311 e. The van der Waals surface area contributed by atoms with Crippen LogP contribution in [0.15, 0.2) is 42.6 Å². The highest BCUT2D eigenvalue weighted by atomic mass is 35.5. The first-order valence-corrected chi connectivity index (χ1v) is 8.03. The maximum atomic E-state index is 14.0. The van der Waals surface area contributed by atoms with Gasteiger partial charge in [0, 0.05) is 28.5 Å². The number of aryl methyl sites for hydroxylation is 1. The van der Waals surface area contributed by atoms with Crippen molar-refractivity contribution in [1.29, 1.82) is 0 Å². The number of halogens is 2. The van der Waals surface area contributed by atoms with Crippen LogP contribution in [-0.4, -0.2) is 21.8 Å². The summed E-state index contributed by atoms with van der Waals surface area (Å²) in [6.45, 7) is 1.72. The number of carbonyl (C=O) groups is 2. The Hall–Kier alpha value is -2.66. The number of carboxylic acid groups (broad SMARTS) is 1. The molecular formula is C19H15ClFNO3. The first-order valence-electron chi connectivity index (χ1n) is 7.65. The van der Waals surface area contributed by atoms with E-state index in [2.05, 4.69) is 4.98 Å². The van der Waals surface area contributed by atoms with Crippen LogP contribution in [0.4, 0.5) is 4.39 Å². The Morgan fingerprint density at radius 1 is 1.24 bits per heavy atom. The molecule has 0 aliphatic carbocycles. The normalized spacial score (nSPS) is 12.3. The average Bonchev–Trinajstić information content (AvgIpc) is 2.94. The highest BCUT2D eigenvalue weighted by Gasteiger charge is 2.27. The maximum absolute atomic E-state index is 14.0. The number of carboxylic acids is 1. The minimum absolute atomic E-state index is 0.0975. The lowest BCUT2D eigenvalue weighted by Crippen LogP contribution is -2.17. The van der Waals surface area contributed by atoms with Crippen molar-refractivity contribution in [3.8, 4) is 0 Å². The number of hydrogen-bond donors (Lipinski definition) is 2. The van der Waals surface area contributed by atoms with E-state index in [1.807, 2.05) is 0 Å². The van der Waals surface area contributed by atoms with Crippen molar-refractivity contribution < 1.29 is 19.1 Å². The van der Waals surface area contributed by atoms with Crippen molar-refractivity contribution in [2.24, 2.45) is 0 Å². The van der Waals surface area contributed by atoms with E-state index in [1.54, 1.807) is 37.4 Å². The van der Waals surface area contributed by atoms with E-state index in [-0.39, 0.29) is 12.0 Å². The summed E-state index contributed by atoms with van der Waals surface area (Å²) in [6.07, 6.45) is 1.23. The van der Waals surface area contributed by atoms with Crippen molar-refractivity contribution in [2.45, 2.75) is 19.3 Å². The number of rotatable bonds is 5. The number of aliphatic carboxylic acids is 1. The molecule has 0 aliphatic heterocycles. The van der Waals surface area contributed by atoms with Crippen LogP contribution in [0.1, 0.15) is 33.8 Å². The summed E-state index contributed by atoms with van der Waals surface area (Å²) < 4.78 is 14.0. The lowest BCUT2D eigenvalue weighted by atomic mass is 9.91. The largest absolute Gasteiger partial charge is 0.481 e. The van der Waals surface area contributed by atoms with Gasteiger partial charge in [0.1, 0.15) is 5.82 Å². The monoisotopic (exact) mass is 359 g/mol. The lowest BCUT2D eigenvalue weighted by Gasteiger charge is -2.12. The molecule has 0 saturated carbocycles. The molecule has 2 aromatic carbocycles. The molecule has 0 bridgehead atoms. The van der Waals surface area contributed by atoms with Crippen LogP contribution in [0.25, 0.3) is 10.9 Å². The van der Waals surface area contributed by atoms with Crippen LogP contribution in [0.2, 0.25) is 5.02 Å². The van der Waals surface area contributed by atoms with Crippen molar-refractivity contribution >= 4 is 34.3 Å². The van der Waals surface area contributed by atoms with Crippen LogP contribution in [-0.2, 0) is 4.79 Å². The molecule has 0 radical (unpaired) electrons. The number of ketones is 1. The highest BCUT2D eigenvalue weighted by molar-refractivity contribution is 6.31. The molecule has 1 atom stereocenters. The van der Waals surface area contributed by atoms with Crippen molar-refractivity contribution in [1.82, 2.24) is 4.98 Å². The van der Waals surface area contributed by atoms with Crippen LogP contribution in [0.5, 0.6) is 0 Å². The predicted molar refractivity (Wildman–Crippen MR) is 93.8 cm³/mol. The average molecular weight is 360 g/mol. The Labute approximate surface area is 148 Å². The zero-order valence-electron chi connectivity index (χ0n) is 13.3. The fraction of sp³-hybridized carbons (Fsp3) is 0.158. The molecule has 0 aliphatic rings. The molecule has 1 heterocycles. The minimum atomic E-state index is -1.14. The number of aromatic nitrogens is 1. The summed E-state index contributed by atoms with van der Waals surface area (Å²) in [5.41, 5.74) is 1.75. The smallest absolute Gasteiger partial charge is 0.311 e. The van der Waals surface area contributed by atoms with Gasteiger partial charge in [-0.3, -0.25) is 9.59 Å². The third-order valence-corrected chi connectivity index (χ3v) is 4.40. The molecule has 128 valence electrons. The Balaban J connectivity index is 1.96. The van der Waals surface area contributed by atoms with Crippen LogP contribution in [0.3, 0.4) is 0 Å². The second kappa shape index (κ2) is 6.69. The third-order valence-electron chi connectivity index (χ3n) is 4.16. The van der Waals surface area contributed by atoms with Crippen LogP contribution >= 0.6 is 11.6 Å². The Bertz CT molecular complexity index is 980. The zero-order valence-corrected chi connectivity index (χ0v) is 14.1. The van der Waals surface area contributed by atoms with Gasteiger partial charge in [0.05, 0.1) is 11.5 Å². The van der Waals surface area contributed by atoms with Gasteiger partial charge >= 0.3 is 5.97 Å². The fourth-order valence-electron chi connectivity index (χ4n) is 2.88. The van der Waals surface area contributed by atoms with E-state index in [0.29, 0.717) is 27.1 Å². The zero-order chi connectivity index (χ0) is 18.1. The van der Waals surface area contributed by atoms with Gasteiger partial charge in [0.15, 0.2) is 5.78 Å². The SMILES string of the molecule is Cc1ccc(C(=O)CC(C(=O)O)c2c[nH]c3cc(Cl)ccc23)c(F)c1. The minimum Gasteiger partial charge on any atom is -0.481 e. The van der Waals surface area contributed by atoms with Gasteiger partial charge in [-0.2, -0.15) is 0 Å². The molecule has 0 saturated heterocycles. The van der Waals surface area contributed by atoms with Crippen LogP contribution < -0.4 is 0 Å². The van der Waals surface area contributed by atoms with Crippen molar-refractivity contribution in [2.75, 3.05) is 0 Å². The molecule has 4 nitrogen and oxygen atoms in total. The van der Waals surface area contributed by atoms with Crippen molar-refractivity contribution in [3.63, 3.8) is 0 Å². The molecule has 0 spiro atoms. The summed E-state index contributed by atoms with van der Waals surface area (Å²) in [5.74, 6) is -3.41. The van der Waals surface area contributed by atoms with Gasteiger partial charge in [-0.15, -0.1) is 0 Å². The first-order chi connectivity index (χ1) is 11.9. The highest BCUT2D eigenvalue weighted by Crippen LogP contribution is 2.31. The number of fused-ring (bicyclic) bond motifs is 1. The molecule has 0 amide bonds. The molecule has 1 unspecified atom stereocenters. The van der Waals surface area contributed by atoms with Gasteiger partial charge < -0.3 is 10.1 Å². The molecule has 0 fully saturated rings. The molecule has 25 heavy (non-hydrogen) atoms. The Morgan fingerprint density at radius 2 is 2.00 bits per heavy atom. The summed E-state index contributed by atoms with van der Waals surface area (Å²) in [7, 11) is 0. The van der Waals surface area contributed by atoms with E-state index < -0.39 is 23.5 Å². The molecule has 2 N–H and O–H groups in total. The quantitative estimate of drug-likeness (QED) is 0.648. The van der Waals surface area contributed by atoms with E-state index in [1.165, 1.54) is 12.1 Å².